The standard InChI is InChI=1S/C18H26N2O2.C17H26N4O4.C16H22N2O2.C15H23N3O3.C13H22N2O2.C11H18N2O2.C11H21NO/c1-3-16(21)19-9-11-5-6-14-15-8-12(18(11)14)7-13(15)10-20-17(22)4-2;1-5-13(22)18-9-17(10-19-14(23)6-2,11-20-15(24)7-3)12-21-16(25)8-4;1-5-11-17(15(19)7-3)13-9-10-14-18(12-6-2)16(20)8-4;1-5-12(19)16-9-15(8-4,10-17-13(20)6-2)11-18-14(21)7-3;1-5-12(16)14(7-3)10-9-11-15(8-4)13(17)6-2;1-5-10(14)12(3)8-7-9-13(4)11(15)6-2;1-4-6-7-8-9-10-12(3)11(13)5-2/h3-4,11-15,18H,1-2,5-10H2,(H,19,21)(H,20,22);5-8,13,18,22H,1-4,9-12H2,(H,19,23)(H,20,24)(H,21,25);5-10H,1-4,11-14H2;5-7H,1-3,8-11H2,4H3,(H,16,19)(H,17,20)(H,18,21);5-6H,1-2,7-11H2,3-4H3;5-6H,1-2,7-9H2,3-4H3;5H,2,4,6-10H2,1,3H3/b;;10-9+;;;;. The van der Waals surface area contributed by atoms with Gasteiger partial charge in [-0.1, -0.05) is 169 Å². The molecule has 7 unspecified atom stereocenters. The quantitative estimate of drug-likeness (QED) is 0.0120. The van der Waals surface area contributed by atoms with Gasteiger partial charge in [-0.25, -0.2) is 0 Å². The van der Waals surface area contributed by atoms with Crippen molar-refractivity contribution in [2.75, 3.05) is 152 Å². The molecular formula is C101H158N16O16. The van der Waals surface area contributed by atoms with Crippen molar-refractivity contribution in [2.24, 2.45) is 46.3 Å². The summed E-state index contributed by atoms with van der Waals surface area (Å²) in [6.07, 6.45) is 39.3. The molecule has 3 aliphatic rings. The number of hydrogen-bond donors (Lipinski definition) is 10. The first kappa shape index (κ1) is 126. The Morgan fingerprint density at radius 2 is 0.639 bits per heavy atom. The molecule has 738 valence electrons. The number of unbranched alkanes of at least 4 members (excludes halogenated alkanes) is 4. The summed E-state index contributed by atoms with van der Waals surface area (Å²) in [5, 5.41) is 34.4. The number of hydrogen-bond acceptors (Lipinski definition) is 17. The molecule has 0 aromatic heterocycles. The summed E-state index contributed by atoms with van der Waals surface area (Å²) in [5.41, 5.74) is -1.34. The van der Waals surface area contributed by atoms with E-state index in [4.69, 9.17) is 0 Å². The van der Waals surface area contributed by atoms with Crippen molar-refractivity contribution in [3.8, 4) is 0 Å². The first-order valence-corrected chi connectivity index (χ1v) is 44.7. The average Bonchev–Trinajstić information content (AvgIpc) is 1.58. The summed E-state index contributed by atoms with van der Waals surface area (Å²) in [7, 11) is 5.24. The number of fused-ring (bicyclic) bond motifs is 5. The van der Waals surface area contributed by atoms with Crippen molar-refractivity contribution >= 4 is 88.6 Å². The molecule has 32 nitrogen and oxygen atoms in total. The zero-order valence-corrected chi connectivity index (χ0v) is 80.6. The molecular weight excluding hydrogens is 1690 g/mol. The molecule has 32 heteroatoms. The Labute approximate surface area is 793 Å². The van der Waals surface area contributed by atoms with E-state index in [0.29, 0.717) is 103 Å². The van der Waals surface area contributed by atoms with Crippen LogP contribution in [0, 0.1) is 46.3 Å². The van der Waals surface area contributed by atoms with Crippen LogP contribution >= 0.6 is 0 Å². The second-order valence-corrected chi connectivity index (χ2v) is 31.3. The van der Waals surface area contributed by atoms with Crippen LogP contribution in [0.5, 0.6) is 0 Å². The van der Waals surface area contributed by atoms with E-state index < -0.39 is 34.8 Å². The third-order valence-corrected chi connectivity index (χ3v) is 22.2. The summed E-state index contributed by atoms with van der Waals surface area (Å²) >= 11 is 0. The van der Waals surface area contributed by atoms with E-state index in [9.17, 15) is 77.0 Å². The Kier molecular flexibility index (Phi) is 72.9. The van der Waals surface area contributed by atoms with Crippen LogP contribution in [0.4, 0.5) is 0 Å². The lowest BCUT2D eigenvalue weighted by molar-refractivity contribution is -0.127. The molecule has 2 bridgehead atoms. The average molecular weight is 1850 g/mol. The van der Waals surface area contributed by atoms with Crippen LogP contribution in [0.1, 0.15) is 105 Å². The van der Waals surface area contributed by atoms with E-state index in [-0.39, 0.29) is 97.1 Å². The second kappa shape index (κ2) is 76.7. The lowest BCUT2D eigenvalue weighted by atomic mass is 9.73. The molecule has 3 rings (SSSR count). The highest BCUT2D eigenvalue weighted by Crippen LogP contribution is 2.62. The van der Waals surface area contributed by atoms with Crippen molar-refractivity contribution < 1.29 is 77.0 Å². The van der Waals surface area contributed by atoms with E-state index in [2.05, 4.69) is 173 Å². The molecule has 0 aromatic carbocycles. The summed E-state index contributed by atoms with van der Waals surface area (Å²) in [6.45, 7) is 79.4. The predicted octanol–water partition coefficient (Wildman–Crippen LogP) is 7.81. The molecule has 0 radical (unpaired) electrons. The van der Waals surface area contributed by atoms with Crippen LogP contribution < -0.4 is 47.9 Å². The number of rotatable bonds is 60. The van der Waals surface area contributed by atoms with Gasteiger partial charge in [-0.3, -0.25) is 77.2 Å². The number of aliphatic hydroxyl groups is 1. The first-order valence-electron chi connectivity index (χ1n) is 44.7. The molecule has 0 saturated heterocycles. The fourth-order valence-corrected chi connectivity index (χ4v) is 14.3. The minimum absolute atomic E-state index is 0.0236. The zero-order chi connectivity index (χ0) is 102. The Morgan fingerprint density at radius 3 is 0.947 bits per heavy atom. The van der Waals surface area contributed by atoms with Gasteiger partial charge < -0.3 is 81.9 Å². The maximum absolute atomic E-state index is 11.5. The van der Waals surface area contributed by atoms with Crippen molar-refractivity contribution in [3.63, 3.8) is 0 Å². The molecule has 0 spiro atoms. The number of nitrogens with one attached hydrogen (secondary N) is 9. The highest BCUT2D eigenvalue weighted by molar-refractivity contribution is 5.92. The molecule has 0 heterocycles. The number of carbonyl (C=O) groups is 15. The molecule has 3 aliphatic carbocycles. The first-order chi connectivity index (χ1) is 63.3. The molecule has 10 N–H and O–H groups in total. The van der Waals surface area contributed by atoms with Crippen LogP contribution in [-0.2, 0) is 71.9 Å². The van der Waals surface area contributed by atoms with Gasteiger partial charge in [-0.05, 0) is 198 Å². The summed E-state index contributed by atoms with van der Waals surface area (Å²) in [4.78, 5) is 182. The number of nitrogens with zero attached hydrogens (tertiary/aromatic N) is 7. The lowest BCUT2D eigenvalue weighted by Crippen LogP contribution is -2.56. The Balaban J connectivity index is -0.000000736. The van der Waals surface area contributed by atoms with Crippen molar-refractivity contribution in [2.45, 2.75) is 111 Å². The third-order valence-electron chi connectivity index (χ3n) is 22.2. The van der Waals surface area contributed by atoms with Crippen LogP contribution in [0.2, 0.25) is 0 Å². The highest BCUT2D eigenvalue weighted by atomic mass is 16.3. The van der Waals surface area contributed by atoms with Crippen molar-refractivity contribution in [3.05, 3.63) is 240 Å². The summed E-state index contributed by atoms with van der Waals surface area (Å²) in [6, 6.07) is 0. The van der Waals surface area contributed by atoms with Gasteiger partial charge in [-0.15, -0.1) is 13.2 Å². The minimum atomic E-state index is -0.986. The van der Waals surface area contributed by atoms with Gasteiger partial charge >= 0.3 is 0 Å². The molecule has 0 aliphatic heterocycles. The molecule has 0 aromatic rings. The van der Waals surface area contributed by atoms with Crippen LogP contribution in [0.3, 0.4) is 0 Å². The predicted molar refractivity (Wildman–Crippen MR) is 534 cm³/mol. The maximum atomic E-state index is 11.5. The second-order valence-electron chi connectivity index (χ2n) is 31.3. The zero-order valence-electron chi connectivity index (χ0n) is 80.6. The highest BCUT2D eigenvalue weighted by Gasteiger charge is 2.56. The summed E-state index contributed by atoms with van der Waals surface area (Å²) < 4.78 is 0. The van der Waals surface area contributed by atoms with Crippen LogP contribution in [-0.4, -0.2) is 286 Å². The lowest BCUT2D eigenvalue weighted by Gasteiger charge is -2.35. The molecule has 3 fully saturated rings. The van der Waals surface area contributed by atoms with Gasteiger partial charge in [0.05, 0.1) is 0 Å². The minimum Gasteiger partial charge on any atom is -0.375 e. The molecule has 7 atom stereocenters. The van der Waals surface area contributed by atoms with Gasteiger partial charge in [0.15, 0.2) is 0 Å². The van der Waals surface area contributed by atoms with Crippen molar-refractivity contribution in [1.29, 1.82) is 0 Å². The molecule has 3 saturated carbocycles. The Bertz CT molecular complexity index is 3690. The molecule has 15 amide bonds. The SMILES string of the molecule is C=CC(=O)N(C)CCCCCCC.C=CC(=O)N(C)CCCN(C)C(=O)C=C.C=CC(=O)N(CC)CCCN(CC)C(=O)C=C.C=CC(=O)NCC(CC)(CNC(=O)C=C)CNC(=O)C=C.C=CC(=O)NCC(CNC(=O)C=C)(CNC(=O)C=C)CNC(O)C=C.C=CC(=O)NCC1CC2CC1C1CCC(CNC(=O)C=C)C21.C=CCN(C/C=C/CN(CC=C)C(=O)C=C)C(=O)C=C. The number of likely N-dealkylation sites (N-methyl/N-ethyl adjacent to an activating group) is 5. The third kappa shape index (κ3) is 55.7. The van der Waals surface area contributed by atoms with E-state index in [1.807, 2.05) is 40.0 Å². The van der Waals surface area contributed by atoms with E-state index in [1.165, 1.54) is 130 Å². The Hall–Kier alpha value is -13.0. The number of carbonyl (C=O) groups excluding carboxylic acids is 15. The van der Waals surface area contributed by atoms with Gasteiger partial charge in [0.2, 0.25) is 88.6 Å². The van der Waals surface area contributed by atoms with Gasteiger partial charge in [-0.2, -0.15) is 0 Å². The fourth-order valence-electron chi connectivity index (χ4n) is 14.3. The number of amides is 15. The smallest absolute Gasteiger partial charge is 0.246 e. The van der Waals surface area contributed by atoms with Crippen molar-refractivity contribution in [1.82, 2.24) is 82.2 Å². The largest absolute Gasteiger partial charge is 0.375 e. The van der Waals surface area contributed by atoms with Gasteiger partial charge in [0.1, 0.15) is 6.23 Å². The number of aliphatic hydroxyl groups excluding tert-OH is 1. The van der Waals surface area contributed by atoms with E-state index >= 15 is 0 Å². The van der Waals surface area contributed by atoms with Gasteiger partial charge in [0, 0.05) is 163 Å². The monoisotopic (exact) mass is 1850 g/mol. The van der Waals surface area contributed by atoms with E-state index in [0.717, 1.165) is 80.8 Å². The normalized spacial score (nSPS) is 14.8. The van der Waals surface area contributed by atoms with Gasteiger partial charge in [0.25, 0.3) is 0 Å². The Morgan fingerprint density at radius 1 is 0.331 bits per heavy atom. The molecule has 133 heavy (non-hydrogen) atoms. The van der Waals surface area contributed by atoms with E-state index in [1.54, 1.807) is 60.5 Å². The topological polar surface area (TPSA) is 407 Å². The maximum Gasteiger partial charge on any atom is 0.246 e. The summed E-state index contributed by atoms with van der Waals surface area (Å²) in [5.74, 6) is 1.53. The van der Waals surface area contributed by atoms with Crippen LogP contribution in [0.25, 0.3) is 0 Å². The van der Waals surface area contributed by atoms with Crippen LogP contribution in [0.15, 0.2) is 240 Å². The fraction of sp³-hybridized carbons (Fsp3) is 0.475.